The lowest BCUT2D eigenvalue weighted by Crippen LogP contribution is -2.15. The lowest BCUT2D eigenvalue weighted by atomic mass is 9.77. The molecule has 0 N–H and O–H groups in total. The molecule has 56 valence electrons. The highest BCUT2D eigenvalue weighted by molar-refractivity contribution is 5.27. The van der Waals surface area contributed by atoms with E-state index in [2.05, 4.69) is 39.0 Å². The second kappa shape index (κ2) is 2.61. The van der Waals surface area contributed by atoms with E-state index in [9.17, 15) is 0 Å². The fourth-order valence-electron chi connectivity index (χ4n) is 1.51. The molecule has 0 spiro atoms. The molecule has 0 saturated carbocycles. The summed E-state index contributed by atoms with van der Waals surface area (Å²) in [6, 6.07) is 0. The molecule has 0 heterocycles. The minimum Gasteiger partial charge on any atom is -0.0842 e. The maximum Gasteiger partial charge on any atom is -0.0104 e. The van der Waals surface area contributed by atoms with Gasteiger partial charge in [-0.3, -0.25) is 0 Å². The third-order valence-electron chi connectivity index (χ3n) is 2.33. The first-order valence-electron chi connectivity index (χ1n) is 4.00. The predicted octanol–water partition coefficient (Wildman–Crippen LogP) is 3.31. The lowest BCUT2D eigenvalue weighted by molar-refractivity contribution is 0.411. The molecule has 0 amide bonds. The quantitative estimate of drug-likeness (QED) is 0.479. The van der Waals surface area contributed by atoms with Gasteiger partial charge in [0.15, 0.2) is 0 Å². The van der Waals surface area contributed by atoms with Crippen molar-refractivity contribution in [3.8, 4) is 0 Å². The maximum atomic E-state index is 2.31. The summed E-state index contributed by atoms with van der Waals surface area (Å²) >= 11 is 0. The van der Waals surface area contributed by atoms with E-state index >= 15 is 0 Å². The van der Waals surface area contributed by atoms with Crippen LogP contribution in [0.4, 0.5) is 0 Å². The van der Waals surface area contributed by atoms with Crippen molar-refractivity contribution in [1.82, 2.24) is 0 Å². The average Bonchev–Trinajstić information content (AvgIpc) is 1.87. The third-order valence-corrected chi connectivity index (χ3v) is 2.33. The van der Waals surface area contributed by atoms with Gasteiger partial charge < -0.3 is 0 Å². The summed E-state index contributed by atoms with van der Waals surface area (Å²) in [5.74, 6) is 0. The molecule has 1 aliphatic rings. The Morgan fingerprint density at radius 3 is 2.60 bits per heavy atom. The number of hydrogen-bond donors (Lipinski definition) is 0. The average molecular weight is 136 g/mol. The van der Waals surface area contributed by atoms with E-state index < -0.39 is 0 Å². The van der Waals surface area contributed by atoms with Crippen LogP contribution in [0.2, 0.25) is 0 Å². The van der Waals surface area contributed by atoms with Gasteiger partial charge in [0.05, 0.1) is 0 Å². The van der Waals surface area contributed by atoms with E-state index in [1.807, 2.05) is 0 Å². The van der Waals surface area contributed by atoms with Crippen LogP contribution in [0.15, 0.2) is 23.8 Å². The number of rotatable bonds is 0. The molecule has 0 aromatic heterocycles. The van der Waals surface area contributed by atoms with Gasteiger partial charge in [-0.15, -0.1) is 0 Å². The highest BCUT2D eigenvalue weighted by Crippen LogP contribution is 2.35. The molecule has 0 aromatic rings. The Bertz CT molecular complexity index is 170. The fraction of sp³-hybridized carbons (Fsp3) is 0.600. The van der Waals surface area contributed by atoms with Gasteiger partial charge in [-0.1, -0.05) is 32.1 Å². The zero-order valence-electron chi connectivity index (χ0n) is 7.15. The van der Waals surface area contributed by atoms with Crippen molar-refractivity contribution in [1.29, 1.82) is 0 Å². The van der Waals surface area contributed by atoms with Crippen molar-refractivity contribution in [2.45, 2.75) is 33.6 Å². The van der Waals surface area contributed by atoms with E-state index in [1.165, 1.54) is 18.4 Å². The molecule has 0 heteroatoms. The molecule has 0 unspecified atom stereocenters. The summed E-state index contributed by atoms with van der Waals surface area (Å²) < 4.78 is 0. The van der Waals surface area contributed by atoms with E-state index in [4.69, 9.17) is 0 Å². The van der Waals surface area contributed by atoms with Crippen LogP contribution in [0.25, 0.3) is 0 Å². The first kappa shape index (κ1) is 7.59. The Balaban J connectivity index is 2.87. The van der Waals surface area contributed by atoms with Crippen LogP contribution < -0.4 is 0 Å². The number of allylic oxidation sites excluding steroid dienone is 4. The Morgan fingerprint density at radius 2 is 2.20 bits per heavy atom. The molecule has 0 atom stereocenters. The van der Waals surface area contributed by atoms with Crippen molar-refractivity contribution in [3.05, 3.63) is 23.8 Å². The summed E-state index contributed by atoms with van der Waals surface area (Å²) in [4.78, 5) is 0. The largest absolute Gasteiger partial charge is 0.0842 e. The van der Waals surface area contributed by atoms with E-state index in [0.29, 0.717) is 5.41 Å². The molecule has 1 rings (SSSR count). The van der Waals surface area contributed by atoms with Crippen molar-refractivity contribution < 1.29 is 0 Å². The van der Waals surface area contributed by atoms with Crippen LogP contribution in [0.3, 0.4) is 0 Å². The first-order chi connectivity index (χ1) is 4.67. The molecular formula is C10H16. The van der Waals surface area contributed by atoms with Crippen LogP contribution in [-0.4, -0.2) is 0 Å². The summed E-state index contributed by atoms with van der Waals surface area (Å²) in [6.07, 6.45) is 9.27. The molecule has 0 nitrogen and oxygen atoms in total. The molecule has 10 heavy (non-hydrogen) atoms. The first-order valence-corrected chi connectivity index (χ1v) is 4.00. The Hall–Kier alpha value is -0.520. The summed E-state index contributed by atoms with van der Waals surface area (Å²) in [5.41, 5.74) is 1.91. The zero-order valence-corrected chi connectivity index (χ0v) is 7.15. The lowest BCUT2D eigenvalue weighted by Gasteiger charge is -2.28. The van der Waals surface area contributed by atoms with Gasteiger partial charge in [-0.25, -0.2) is 0 Å². The molecule has 0 bridgehead atoms. The monoisotopic (exact) mass is 136 g/mol. The highest BCUT2D eigenvalue weighted by atomic mass is 14.3. The highest BCUT2D eigenvalue weighted by Gasteiger charge is 2.21. The molecule has 1 aliphatic carbocycles. The van der Waals surface area contributed by atoms with Crippen molar-refractivity contribution in [2.75, 3.05) is 0 Å². The topological polar surface area (TPSA) is 0 Å². The van der Waals surface area contributed by atoms with Gasteiger partial charge in [0.25, 0.3) is 0 Å². The normalized spacial score (nSPS) is 27.3. The SMILES string of the molecule is C/C=C1\C=CCCC1(C)C. The van der Waals surface area contributed by atoms with Crippen LogP contribution in [0.1, 0.15) is 33.6 Å². The Kier molecular flexibility index (Phi) is 1.98. The summed E-state index contributed by atoms with van der Waals surface area (Å²) in [6.45, 7) is 6.74. The fourth-order valence-corrected chi connectivity index (χ4v) is 1.51. The van der Waals surface area contributed by atoms with Gasteiger partial charge in [-0.05, 0) is 30.8 Å². The molecule has 0 aliphatic heterocycles. The minimum absolute atomic E-state index is 0.420. The summed E-state index contributed by atoms with van der Waals surface area (Å²) in [7, 11) is 0. The van der Waals surface area contributed by atoms with Crippen molar-refractivity contribution in [3.63, 3.8) is 0 Å². The molecule has 0 aromatic carbocycles. The molecule has 0 radical (unpaired) electrons. The Labute approximate surface area is 63.6 Å². The third kappa shape index (κ3) is 1.31. The van der Waals surface area contributed by atoms with Crippen LogP contribution in [0.5, 0.6) is 0 Å². The second-order valence-electron chi connectivity index (χ2n) is 3.57. The number of hydrogen-bond acceptors (Lipinski definition) is 0. The molecule has 0 saturated heterocycles. The van der Waals surface area contributed by atoms with Crippen molar-refractivity contribution >= 4 is 0 Å². The second-order valence-corrected chi connectivity index (χ2v) is 3.57. The molecular weight excluding hydrogens is 120 g/mol. The van der Waals surface area contributed by atoms with Gasteiger partial charge >= 0.3 is 0 Å². The van der Waals surface area contributed by atoms with Gasteiger partial charge in [0, 0.05) is 0 Å². The minimum atomic E-state index is 0.420. The van der Waals surface area contributed by atoms with E-state index in [0.717, 1.165) is 0 Å². The van der Waals surface area contributed by atoms with Crippen molar-refractivity contribution in [2.24, 2.45) is 5.41 Å². The van der Waals surface area contributed by atoms with Gasteiger partial charge in [0.2, 0.25) is 0 Å². The van der Waals surface area contributed by atoms with Crippen LogP contribution in [0, 0.1) is 5.41 Å². The van der Waals surface area contributed by atoms with E-state index in [-0.39, 0.29) is 0 Å². The molecule has 0 fully saturated rings. The van der Waals surface area contributed by atoms with Crippen LogP contribution in [-0.2, 0) is 0 Å². The standard InChI is InChI=1S/C10H16/c1-4-9-7-5-6-8-10(9,2)3/h4-5,7H,6,8H2,1-3H3/b9-4+. The smallest absolute Gasteiger partial charge is 0.0104 e. The van der Waals surface area contributed by atoms with Gasteiger partial charge in [0.1, 0.15) is 0 Å². The Morgan fingerprint density at radius 1 is 1.50 bits per heavy atom. The maximum absolute atomic E-state index is 2.31. The predicted molar refractivity (Wildman–Crippen MR) is 45.9 cm³/mol. The summed E-state index contributed by atoms with van der Waals surface area (Å²) in [5, 5.41) is 0. The zero-order chi connectivity index (χ0) is 7.61. The van der Waals surface area contributed by atoms with Crippen LogP contribution >= 0.6 is 0 Å². The van der Waals surface area contributed by atoms with Gasteiger partial charge in [-0.2, -0.15) is 0 Å². The van der Waals surface area contributed by atoms with E-state index in [1.54, 1.807) is 0 Å².